The van der Waals surface area contributed by atoms with E-state index in [0.29, 0.717) is 63.1 Å². The van der Waals surface area contributed by atoms with E-state index in [2.05, 4.69) is 37.1 Å². The Morgan fingerprint density at radius 3 is 2.53 bits per heavy atom. The quantitative estimate of drug-likeness (QED) is 0.0732. The summed E-state index contributed by atoms with van der Waals surface area (Å²) in [5.41, 5.74) is 4.85. The van der Waals surface area contributed by atoms with Crippen LogP contribution in [0.3, 0.4) is 0 Å². The molecule has 250 valence electrons. The molecule has 12 nitrogen and oxygen atoms in total. The lowest BCUT2D eigenvalue weighted by molar-refractivity contribution is -0.136. The fourth-order valence-corrected chi connectivity index (χ4v) is 5.23. The number of rotatable bonds is 15. The average molecular weight is 716 g/mol. The third-order valence-corrected chi connectivity index (χ3v) is 7.36. The van der Waals surface area contributed by atoms with Gasteiger partial charge in [0.15, 0.2) is 29.2 Å². The van der Waals surface area contributed by atoms with Crippen molar-refractivity contribution in [1.82, 2.24) is 16.1 Å². The number of methoxy groups -OCH3 is 1. The van der Waals surface area contributed by atoms with Crippen LogP contribution in [-0.4, -0.2) is 56.5 Å². The zero-order valence-electron chi connectivity index (χ0n) is 26.3. The highest BCUT2D eigenvalue weighted by molar-refractivity contribution is 9.10. The summed E-state index contributed by atoms with van der Waals surface area (Å²) < 4.78 is 42.7. The molecule has 4 rings (SSSR count). The maximum atomic E-state index is 14.1. The third kappa shape index (κ3) is 9.14. The van der Waals surface area contributed by atoms with Crippen molar-refractivity contribution in [3.8, 4) is 23.0 Å². The van der Waals surface area contributed by atoms with E-state index in [4.69, 9.17) is 23.7 Å². The molecule has 0 fully saturated rings. The molecule has 1 heterocycles. The van der Waals surface area contributed by atoms with Crippen LogP contribution in [-0.2, 0) is 16.1 Å². The molecule has 0 aromatic heterocycles. The van der Waals surface area contributed by atoms with Crippen molar-refractivity contribution >= 4 is 34.1 Å². The number of halogens is 2. The highest BCUT2D eigenvalue weighted by Crippen LogP contribution is 2.38. The molecule has 0 spiro atoms. The zero-order chi connectivity index (χ0) is 33.9. The lowest BCUT2D eigenvalue weighted by atomic mass is 9.95. The van der Waals surface area contributed by atoms with E-state index in [1.54, 1.807) is 62.4 Å². The smallest absolute Gasteiger partial charge is 0.337 e. The summed E-state index contributed by atoms with van der Waals surface area (Å²) in [6, 6.07) is 13.5. The van der Waals surface area contributed by atoms with Gasteiger partial charge in [-0.05, 0) is 78.2 Å². The van der Waals surface area contributed by atoms with Crippen molar-refractivity contribution in [1.29, 1.82) is 0 Å². The van der Waals surface area contributed by atoms with Crippen molar-refractivity contribution in [3.63, 3.8) is 0 Å². The zero-order valence-corrected chi connectivity index (χ0v) is 27.9. The minimum atomic E-state index is -1.20. The number of hydrazone groups is 1. The Labute approximate surface area is 280 Å². The molecular formula is C33H36BrFN4O8. The van der Waals surface area contributed by atoms with E-state index in [1.807, 2.05) is 6.92 Å². The molecular weight excluding hydrogens is 679 g/mol. The van der Waals surface area contributed by atoms with Gasteiger partial charge in [0.25, 0.3) is 0 Å². The molecule has 4 N–H and O–H groups in total. The number of allylic oxidation sites excluding steroid dienone is 1. The number of esters is 1. The second kappa shape index (κ2) is 16.7. The van der Waals surface area contributed by atoms with Gasteiger partial charge in [-0.25, -0.2) is 14.0 Å². The van der Waals surface area contributed by atoms with Crippen molar-refractivity contribution in [2.45, 2.75) is 39.6 Å². The van der Waals surface area contributed by atoms with Gasteiger partial charge in [-0.2, -0.15) is 5.10 Å². The molecule has 0 saturated carbocycles. The Morgan fingerprint density at radius 1 is 1.06 bits per heavy atom. The highest BCUT2D eigenvalue weighted by atomic mass is 79.9. The molecule has 2 atom stereocenters. The van der Waals surface area contributed by atoms with Gasteiger partial charge in [0.05, 0.1) is 42.6 Å². The third-order valence-electron chi connectivity index (χ3n) is 6.77. The maximum absolute atomic E-state index is 14.1. The number of carbonyl (C=O) groups is 2. The Morgan fingerprint density at radius 2 is 1.81 bits per heavy atom. The van der Waals surface area contributed by atoms with Crippen molar-refractivity contribution in [3.05, 3.63) is 92.8 Å². The predicted molar refractivity (Wildman–Crippen MR) is 175 cm³/mol. The number of urea groups is 1. The second-order valence-corrected chi connectivity index (χ2v) is 10.9. The number of ether oxygens (including phenoxy) is 5. The minimum absolute atomic E-state index is 0.0140. The molecule has 3 aromatic rings. The van der Waals surface area contributed by atoms with Crippen LogP contribution >= 0.6 is 15.9 Å². The van der Waals surface area contributed by atoms with Crippen molar-refractivity contribution in [2.24, 2.45) is 5.10 Å². The maximum Gasteiger partial charge on any atom is 0.337 e. The van der Waals surface area contributed by atoms with E-state index < -0.39 is 24.3 Å². The van der Waals surface area contributed by atoms with E-state index in [-0.39, 0.29) is 24.6 Å². The Kier molecular flexibility index (Phi) is 12.4. The highest BCUT2D eigenvalue weighted by Gasteiger charge is 2.32. The largest absolute Gasteiger partial charge is 0.490 e. The van der Waals surface area contributed by atoms with Crippen molar-refractivity contribution < 1.29 is 42.8 Å². The number of hydrogen-bond acceptors (Lipinski definition) is 10. The van der Waals surface area contributed by atoms with Crippen LogP contribution in [0.5, 0.6) is 23.0 Å². The summed E-state index contributed by atoms with van der Waals surface area (Å²) in [7, 11) is 1.27. The van der Waals surface area contributed by atoms with Gasteiger partial charge in [0, 0.05) is 11.3 Å². The number of benzene rings is 3. The molecule has 0 saturated heterocycles. The van der Waals surface area contributed by atoms with Crippen LogP contribution < -0.4 is 35.0 Å². The number of aliphatic hydroxyl groups excluding tert-OH is 1. The van der Waals surface area contributed by atoms with Crippen LogP contribution in [0.2, 0.25) is 0 Å². The minimum Gasteiger partial charge on any atom is -0.490 e. The SMILES string of the molecule is CCOc1cc([C@@H]2NC(=O)NC(C)=C2C(=O)OC)ccc1OC[C@H](O)N/N=C\c1cc(Br)c(OCc2ccccc2F)c(OCC)c1. The summed E-state index contributed by atoms with van der Waals surface area (Å²) in [6.45, 7) is 5.76. The lowest BCUT2D eigenvalue weighted by Crippen LogP contribution is -2.45. The molecule has 14 heteroatoms. The number of amides is 2. The first-order valence-corrected chi connectivity index (χ1v) is 15.5. The first-order chi connectivity index (χ1) is 22.6. The molecule has 2 amide bonds. The first kappa shape index (κ1) is 35.0. The Balaban J connectivity index is 1.40. The van der Waals surface area contributed by atoms with Gasteiger partial charge in [-0.1, -0.05) is 24.3 Å². The monoisotopic (exact) mass is 714 g/mol. The van der Waals surface area contributed by atoms with Crippen LogP contribution in [0, 0.1) is 5.82 Å². The summed E-state index contributed by atoms with van der Waals surface area (Å²) in [4.78, 5) is 24.6. The van der Waals surface area contributed by atoms with E-state index in [1.165, 1.54) is 19.4 Å². The molecule has 1 aliphatic heterocycles. The number of nitrogens with one attached hydrogen (secondary N) is 3. The van der Waals surface area contributed by atoms with Gasteiger partial charge in [-0.3, -0.25) is 5.43 Å². The van der Waals surface area contributed by atoms with E-state index in [9.17, 15) is 19.1 Å². The fourth-order valence-electron chi connectivity index (χ4n) is 4.65. The molecule has 0 unspecified atom stereocenters. The topological polar surface area (TPSA) is 149 Å². The number of aliphatic hydroxyl groups is 1. The lowest BCUT2D eigenvalue weighted by Gasteiger charge is -2.28. The van der Waals surface area contributed by atoms with E-state index in [0.717, 1.165) is 0 Å². The van der Waals surface area contributed by atoms with Gasteiger partial charge < -0.3 is 39.4 Å². The van der Waals surface area contributed by atoms with Gasteiger partial charge >= 0.3 is 12.0 Å². The van der Waals surface area contributed by atoms with Crippen LogP contribution in [0.15, 0.2) is 75.4 Å². The van der Waals surface area contributed by atoms with E-state index >= 15 is 0 Å². The number of nitrogens with zero attached hydrogens (tertiary/aromatic N) is 1. The molecule has 0 bridgehead atoms. The first-order valence-electron chi connectivity index (χ1n) is 14.7. The second-order valence-electron chi connectivity index (χ2n) is 10.1. The van der Waals surface area contributed by atoms with Gasteiger partial charge in [-0.15, -0.1) is 0 Å². The van der Waals surface area contributed by atoms with Crippen LogP contribution in [0.4, 0.5) is 9.18 Å². The summed E-state index contributed by atoms with van der Waals surface area (Å²) in [5.74, 6) is 0.583. The average Bonchev–Trinajstić information content (AvgIpc) is 3.04. The number of carbonyl (C=O) groups excluding carboxylic acids is 2. The molecule has 47 heavy (non-hydrogen) atoms. The summed E-state index contributed by atoms with van der Waals surface area (Å²) in [5, 5.41) is 19.9. The van der Waals surface area contributed by atoms with Crippen LogP contribution in [0.1, 0.15) is 43.5 Å². The molecule has 3 aromatic carbocycles. The molecule has 0 aliphatic carbocycles. The van der Waals surface area contributed by atoms with Crippen LogP contribution in [0.25, 0.3) is 0 Å². The van der Waals surface area contributed by atoms with Gasteiger partial charge in [0.1, 0.15) is 19.0 Å². The molecule has 0 radical (unpaired) electrons. The Bertz CT molecular complexity index is 1650. The Hall–Kier alpha value is -4.82. The number of hydrogen-bond donors (Lipinski definition) is 4. The van der Waals surface area contributed by atoms with Gasteiger partial charge in [0.2, 0.25) is 0 Å². The predicted octanol–water partition coefficient (Wildman–Crippen LogP) is 5.09. The normalized spacial score (nSPS) is 15.0. The summed E-state index contributed by atoms with van der Waals surface area (Å²) in [6.07, 6.45) is 0.290. The molecule has 1 aliphatic rings. The summed E-state index contributed by atoms with van der Waals surface area (Å²) >= 11 is 3.49. The van der Waals surface area contributed by atoms with Crippen molar-refractivity contribution in [2.75, 3.05) is 26.9 Å². The standard InChI is InChI=1S/C33H36BrFN4O8/c1-5-44-26-15-21(30-29(32(41)43-4)19(3)37-33(42)38-30)11-12-25(26)46-18-28(40)39-36-16-20-13-23(34)31(27(14-20)45-6-2)47-17-22-9-7-8-10-24(22)35/h7-16,28,30,39-40H,5-6,17-18H2,1-4H3,(H2,37,38,42)/b36-16-/t28-,30-/m0/s1. The fraction of sp³-hybridized carbons (Fsp3) is 0.303.